The van der Waals surface area contributed by atoms with Crippen molar-refractivity contribution in [1.29, 1.82) is 0 Å². The lowest BCUT2D eigenvalue weighted by Gasteiger charge is -2.12. The maximum Gasteiger partial charge on any atom is 0.341 e. The van der Waals surface area contributed by atoms with E-state index in [-0.39, 0.29) is 17.0 Å². The molecule has 3 rings (SSSR count). The molecule has 0 aliphatic rings. The minimum absolute atomic E-state index is 0.0359. The highest BCUT2D eigenvalue weighted by Gasteiger charge is 2.28. The summed E-state index contributed by atoms with van der Waals surface area (Å²) in [6.07, 6.45) is 3.07. The van der Waals surface area contributed by atoms with Gasteiger partial charge in [0.1, 0.15) is 11.3 Å². The Morgan fingerprint density at radius 2 is 1.96 bits per heavy atom. The summed E-state index contributed by atoms with van der Waals surface area (Å²) < 4.78 is 5.24. The molecule has 2 amide bonds. The molecule has 1 unspecified atom stereocenters. The van der Waals surface area contributed by atoms with Crippen LogP contribution < -0.4 is 10.6 Å². The van der Waals surface area contributed by atoms with Crippen molar-refractivity contribution in [2.75, 3.05) is 5.32 Å². The number of nitrogens with one attached hydrogen (secondary N) is 2. The molecule has 1 atom stereocenters. The summed E-state index contributed by atoms with van der Waals surface area (Å²) in [5.74, 6) is -1.17. The lowest BCUT2D eigenvalue weighted by Crippen LogP contribution is -2.31. The molecule has 0 aliphatic heterocycles. The molecule has 0 spiro atoms. The molecule has 1 aromatic carbocycles. The van der Waals surface area contributed by atoms with Gasteiger partial charge in [0.2, 0.25) is 0 Å². The zero-order chi connectivity index (χ0) is 19.4. The smallest absolute Gasteiger partial charge is 0.341 e. The average molecular weight is 387 g/mol. The fourth-order valence-electron chi connectivity index (χ4n) is 2.48. The maximum atomic E-state index is 12.1. The molecule has 3 aromatic rings. The first-order chi connectivity index (χ1) is 13.0. The van der Waals surface area contributed by atoms with Crippen LogP contribution in [0.5, 0.6) is 0 Å². The van der Waals surface area contributed by atoms with Gasteiger partial charge in [-0.25, -0.2) is 9.59 Å². The van der Waals surface area contributed by atoms with Crippen LogP contribution in [0.3, 0.4) is 0 Å². The monoisotopic (exact) mass is 386 g/mol. The standard InChI is InChI=1S/C18H15ClN4O4/c1-10(21-18(26)22-13-3-2-8-20-9-13)16-14(17(24)25)15(23-27-16)11-4-6-12(19)7-5-11/h2-10H,1H3,(H,24,25)(H2,21,22,26). The highest BCUT2D eigenvalue weighted by Crippen LogP contribution is 2.30. The quantitative estimate of drug-likeness (QED) is 0.610. The summed E-state index contributed by atoms with van der Waals surface area (Å²) in [4.78, 5) is 27.8. The molecule has 0 saturated heterocycles. The molecule has 0 saturated carbocycles. The highest BCUT2D eigenvalue weighted by molar-refractivity contribution is 6.30. The predicted octanol–water partition coefficient (Wildman–Crippen LogP) is 3.97. The van der Waals surface area contributed by atoms with Crippen molar-refractivity contribution in [1.82, 2.24) is 15.5 Å². The van der Waals surface area contributed by atoms with Crippen LogP contribution in [0.15, 0.2) is 53.3 Å². The van der Waals surface area contributed by atoms with E-state index < -0.39 is 18.0 Å². The van der Waals surface area contributed by atoms with Gasteiger partial charge in [0.15, 0.2) is 5.76 Å². The van der Waals surface area contributed by atoms with E-state index in [1.165, 1.54) is 6.20 Å². The van der Waals surface area contributed by atoms with Crippen molar-refractivity contribution >= 4 is 29.3 Å². The lowest BCUT2D eigenvalue weighted by molar-refractivity contribution is 0.0694. The number of anilines is 1. The normalized spacial score (nSPS) is 11.6. The summed E-state index contributed by atoms with van der Waals surface area (Å²) >= 11 is 5.86. The number of carbonyl (C=O) groups is 2. The molecule has 0 aliphatic carbocycles. The van der Waals surface area contributed by atoms with E-state index in [4.69, 9.17) is 16.1 Å². The molecule has 3 N–H and O–H groups in total. The van der Waals surface area contributed by atoms with Gasteiger partial charge in [-0.3, -0.25) is 4.98 Å². The van der Waals surface area contributed by atoms with Gasteiger partial charge in [-0.15, -0.1) is 0 Å². The predicted molar refractivity (Wildman–Crippen MR) is 98.7 cm³/mol. The number of aromatic nitrogens is 2. The molecule has 27 heavy (non-hydrogen) atoms. The first-order valence-electron chi connectivity index (χ1n) is 7.92. The van der Waals surface area contributed by atoms with Gasteiger partial charge in [-0.1, -0.05) is 28.9 Å². The number of hydrogen-bond acceptors (Lipinski definition) is 5. The number of carboxylic acid groups (broad SMARTS) is 1. The van der Waals surface area contributed by atoms with E-state index in [0.29, 0.717) is 16.3 Å². The van der Waals surface area contributed by atoms with Gasteiger partial charge in [0.05, 0.1) is 17.9 Å². The Bertz CT molecular complexity index is 957. The zero-order valence-corrected chi connectivity index (χ0v) is 14.9. The van der Waals surface area contributed by atoms with Crippen LogP contribution in [-0.2, 0) is 0 Å². The Kier molecular flexibility index (Phi) is 5.37. The molecular weight excluding hydrogens is 372 g/mol. The van der Waals surface area contributed by atoms with Gasteiger partial charge in [-0.2, -0.15) is 0 Å². The first kappa shape index (κ1) is 18.4. The van der Waals surface area contributed by atoms with E-state index in [1.807, 2.05) is 0 Å². The van der Waals surface area contributed by atoms with Crippen LogP contribution in [0.4, 0.5) is 10.5 Å². The molecule has 138 valence electrons. The van der Waals surface area contributed by atoms with Crippen molar-refractivity contribution in [3.05, 3.63) is 65.1 Å². The Morgan fingerprint density at radius 1 is 1.22 bits per heavy atom. The molecule has 8 nitrogen and oxygen atoms in total. The van der Waals surface area contributed by atoms with Crippen molar-refractivity contribution in [2.45, 2.75) is 13.0 Å². The van der Waals surface area contributed by atoms with Crippen molar-refractivity contribution < 1.29 is 19.2 Å². The number of nitrogens with zero attached hydrogens (tertiary/aromatic N) is 2. The van der Waals surface area contributed by atoms with Crippen LogP contribution in [0.2, 0.25) is 5.02 Å². The van der Waals surface area contributed by atoms with Gasteiger partial charge in [0, 0.05) is 16.8 Å². The Balaban J connectivity index is 1.82. The molecule has 0 fully saturated rings. The van der Waals surface area contributed by atoms with Gasteiger partial charge in [-0.05, 0) is 31.2 Å². The number of benzene rings is 1. The van der Waals surface area contributed by atoms with Crippen LogP contribution in [-0.4, -0.2) is 27.2 Å². The van der Waals surface area contributed by atoms with E-state index in [2.05, 4.69) is 20.8 Å². The summed E-state index contributed by atoms with van der Waals surface area (Å²) in [5, 5.41) is 19.2. The number of amides is 2. The minimum Gasteiger partial charge on any atom is -0.477 e. The second-order valence-corrected chi connectivity index (χ2v) is 6.08. The second-order valence-electron chi connectivity index (χ2n) is 5.64. The lowest BCUT2D eigenvalue weighted by atomic mass is 10.0. The number of hydrogen-bond donors (Lipinski definition) is 3. The molecular formula is C18H15ClN4O4. The number of pyridine rings is 1. The maximum absolute atomic E-state index is 12.1. The fraction of sp³-hybridized carbons (Fsp3) is 0.111. The van der Waals surface area contributed by atoms with Crippen molar-refractivity contribution in [2.24, 2.45) is 0 Å². The number of rotatable bonds is 5. The number of urea groups is 1. The molecule has 9 heteroatoms. The molecule has 2 heterocycles. The third kappa shape index (κ3) is 4.24. The van der Waals surface area contributed by atoms with Gasteiger partial charge >= 0.3 is 12.0 Å². The largest absolute Gasteiger partial charge is 0.477 e. The number of carboxylic acids is 1. The van der Waals surface area contributed by atoms with Gasteiger partial charge in [0.25, 0.3) is 0 Å². The summed E-state index contributed by atoms with van der Waals surface area (Å²) in [5.41, 5.74) is 1.08. The number of carbonyl (C=O) groups excluding carboxylic acids is 1. The third-order valence-corrected chi connectivity index (χ3v) is 3.96. The molecule has 0 radical (unpaired) electrons. The molecule has 2 aromatic heterocycles. The SMILES string of the molecule is CC(NC(=O)Nc1cccnc1)c1onc(-c2ccc(Cl)cc2)c1C(=O)O. The average Bonchev–Trinajstić information content (AvgIpc) is 3.08. The number of aromatic carboxylic acids is 1. The third-order valence-electron chi connectivity index (χ3n) is 3.71. The zero-order valence-electron chi connectivity index (χ0n) is 14.1. The van der Waals surface area contributed by atoms with E-state index in [9.17, 15) is 14.7 Å². The minimum atomic E-state index is -1.21. The summed E-state index contributed by atoms with van der Waals surface area (Å²) in [7, 11) is 0. The Labute approximate surface area is 159 Å². The topological polar surface area (TPSA) is 117 Å². The first-order valence-corrected chi connectivity index (χ1v) is 8.30. The molecule has 0 bridgehead atoms. The Morgan fingerprint density at radius 3 is 2.59 bits per heavy atom. The second kappa shape index (κ2) is 7.88. The highest BCUT2D eigenvalue weighted by atomic mass is 35.5. The van der Waals surface area contributed by atoms with Crippen LogP contribution in [0, 0.1) is 0 Å². The van der Waals surface area contributed by atoms with Crippen molar-refractivity contribution in [3.63, 3.8) is 0 Å². The van der Waals surface area contributed by atoms with Crippen LogP contribution in [0.1, 0.15) is 29.1 Å². The summed E-state index contributed by atoms with van der Waals surface area (Å²) in [6.45, 7) is 1.60. The summed E-state index contributed by atoms with van der Waals surface area (Å²) in [6, 6.07) is 8.62. The van der Waals surface area contributed by atoms with Gasteiger partial charge < -0.3 is 20.3 Å². The fourth-order valence-corrected chi connectivity index (χ4v) is 2.60. The van der Waals surface area contributed by atoms with Crippen LogP contribution in [0.25, 0.3) is 11.3 Å². The number of halogens is 1. The van der Waals surface area contributed by atoms with E-state index >= 15 is 0 Å². The van der Waals surface area contributed by atoms with E-state index in [0.717, 1.165) is 0 Å². The van der Waals surface area contributed by atoms with Crippen molar-refractivity contribution in [3.8, 4) is 11.3 Å². The Hall–Kier alpha value is -3.39. The van der Waals surface area contributed by atoms with Crippen LogP contribution >= 0.6 is 11.6 Å². The van der Waals surface area contributed by atoms with E-state index in [1.54, 1.807) is 49.5 Å².